The molecule has 0 saturated carbocycles. The van der Waals surface area contributed by atoms with Gasteiger partial charge < -0.3 is 14.5 Å². The largest absolute Gasteiger partial charge is 0.466 e. The zero-order chi connectivity index (χ0) is 25.3. The summed E-state index contributed by atoms with van der Waals surface area (Å²) < 4.78 is 5.15. The third kappa shape index (κ3) is 6.39. The first-order valence-corrected chi connectivity index (χ1v) is 12.5. The fraction of sp³-hybridized carbons (Fsp3) is 0.300. The SMILES string of the molecule is CCOC(=O)[C@@H]1CCCN(C(=O)Cc2ccc(N(Cc3ccccc3)C(=O)c3ccccc3)cc2)C1. The van der Waals surface area contributed by atoms with Gasteiger partial charge in [0, 0.05) is 24.3 Å². The van der Waals surface area contributed by atoms with Crippen molar-refractivity contribution in [3.63, 3.8) is 0 Å². The Labute approximate surface area is 212 Å². The van der Waals surface area contributed by atoms with Gasteiger partial charge in [0.05, 0.1) is 25.5 Å². The molecule has 1 heterocycles. The van der Waals surface area contributed by atoms with Crippen molar-refractivity contribution in [3.8, 4) is 0 Å². The summed E-state index contributed by atoms with van der Waals surface area (Å²) in [4.78, 5) is 42.0. The molecule has 1 fully saturated rings. The molecule has 0 unspecified atom stereocenters. The summed E-state index contributed by atoms with van der Waals surface area (Å²) in [6, 6.07) is 26.7. The van der Waals surface area contributed by atoms with Crippen LogP contribution in [-0.2, 0) is 27.3 Å². The van der Waals surface area contributed by atoms with E-state index >= 15 is 0 Å². The summed E-state index contributed by atoms with van der Waals surface area (Å²) in [7, 11) is 0. The van der Waals surface area contributed by atoms with Crippen molar-refractivity contribution in [1.82, 2.24) is 4.90 Å². The van der Waals surface area contributed by atoms with Gasteiger partial charge in [-0.25, -0.2) is 0 Å². The molecular formula is C30H32N2O4. The first kappa shape index (κ1) is 25.2. The molecule has 36 heavy (non-hydrogen) atoms. The zero-order valence-corrected chi connectivity index (χ0v) is 20.6. The highest BCUT2D eigenvalue weighted by atomic mass is 16.5. The highest BCUT2D eigenvalue weighted by molar-refractivity contribution is 6.06. The number of hydrogen-bond acceptors (Lipinski definition) is 4. The molecule has 2 amide bonds. The van der Waals surface area contributed by atoms with Crippen LogP contribution in [0.5, 0.6) is 0 Å². The van der Waals surface area contributed by atoms with Crippen LogP contribution in [0.15, 0.2) is 84.9 Å². The molecule has 1 saturated heterocycles. The Balaban J connectivity index is 1.46. The maximum Gasteiger partial charge on any atom is 0.310 e. The molecule has 186 valence electrons. The second-order valence-corrected chi connectivity index (χ2v) is 9.02. The van der Waals surface area contributed by atoms with E-state index in [9.17, 15) is 14.4 Å². The number of esters is 1. The molecule has 0 aliphatic carbocycles. The van der Waals surface area contributed by atoms with Gasteiger partial charge in [-0.1, -0.05) is 60.7 Å². The number of anilines is 1. The highest BCUT2D eigenvalue weighted by Crippen LogP contribution is 2.23. The van der Waals surface area contributed by atoms with E-state index in [1.807, 2.05) is 84.9 Å². The first-order valence-electron chi connectivity index (χ1n) is 12.5. The molecule has 0 spiro atoms. The predicted molar refractivity (Wildman–Crippen MR) is 139 cm³/mol. The molecule has 3 aromatic carbocycles. The van der Waals surface area contributed by atoms with Crippen LogP contribution in [0.25, 0.3) is 0 Å². The van der Waals surface area contributed by atoms with Crippen molar-refractivity contribution in [1.29, 1.82) is 0 Å². The van der Waals surface area contributed by atoms with Gasteiger partial charge in [-0.3, -0.25) is 14.4 Å². The van der Waals surface area contributed by atoms with Crippen molar-refractivity contribution < 1.29 is 19.1 Å². The van der Waals surface area contributed by atoms with E-state index in [4.69, 9.17) is 4.74 Å². The Kier molecular flexibility index (Phi) is 8.50. The monoisotopic (exact) mass is 484 g/mol. The van der Waals surface area contributed by atoms with Crippen LogP contribution < -0.4 is 4.90 Å². The van der Waals surface area contributed by atoms with E-state index in [1.54, 1.807) is 16.7 Å². The number of likely N-dealkylation sites (tertiary alicyclic amines) is 1. The maximum atomic E-state index is 13.4. The predicted octanol–water partition coefficient (Wildman–Crippen LogP) is 4.88. The van der Waals surface area contributed by atoms with Gasteiger partial charge in [-0.05, 0) is 55.2 Å². The van der Waals surface area contributed by atoms with Gasteiger partial charge in [0.1, 0.15) is 0 Å². The van der Waals surface area contributed by atoms with Crippen LogP contribution >= 0.6 is 0 Å². The van der Waals surface area contributed by atoms with E-state index in [0.29, 0.717) is 31.8 Å². The standard InChI is InChI=1S/C30H32N2O4/c1-2-36-30(35)26-14-9-19-31(22-26)28(33)20-23-15-17-27(18-16-23)32(21-24-10-5-3-6-11-24)29(34)25-12-7-4-8-13-25/h3-8,10-13,15-18,26H,2,9,14,19-22H2,1H3/t26-/m1/s1. The summed E-state index contributed by atoms with van der Waals surface area (Å²) in [5, 5.41) is 0. The number of nitrogens with zero attached hydrogens (tertiary/aromatic N) is 2. The second kappa shape index (κ2) is 12.2. The van der Waals surface area contributed by atoms with Crippen LogP contribution in [0, 0.1) is 5.92 Å². The van der Waals surface area contributed by atoms with Gasteiger partial charge in [-0.15, -0.1) is 0 Å². The van der Waals surface area contributed by atoms with Gasteiger partial charge in [0.25, 0.3) is 5.91 Å². The summed E-state index contributed by atoms with van der Waals surface area (Å²) in [6.45, 7) is 3.65. The number of carbonyl (C=O) groups is 3. The lowest BCUT2D eigenvalue weighted by Gasteiger charge is -2.31. The topological polar surface area (TPSA) is 66.9 Å². The molecule has 1 aliphatic heterocycles. The quantitative estimate of drug-likeness (QED) is 0.428. The Morgan fingerprint density at radius 2 is 1.56 bits per heavy atom. The number of ether oxygens (including phenoxy) is 1. The van der Waals surface area contributed by atoms with E-state index < -0.39 is 0 Å². The Morgan fingerprint density at radius 1 is 0.889 bits per heavy atom. The highest BCUT2D eigenvalue weighted by Gasteiger charge is 2.29. The minimum Gasteiger partial charge on any atom is -0.466 e. The lowest BCUT2D eigenvalue weighted by Crippen LogP contribution is -2.43. The first-order chi connectivity index (χ1) is 17.5. The zero-order valence-electron chi connectivity index (χ0n) is 20.6. The number of piperidine rings is 1. The van der Waals surface area contributed by atoms with E-state index in [1.165, 1.54) is 0 Å². The molecule has 0 aromatic heterocycles. The Bertz CT molecular complexity index is 1160. The number of hydrogen-bond donors (Lipinski definition) is 0. The van der Waals surface area contributed by atoms with Crippen molar-refractivity contribution in [3.05, 3.63) is 102 Å². The molecule has 4 rings (SSSR count). The maximum absolute atomic E-state index is 13.4. The Hall–Kier alpha value is -3.93. The van der Waals surface area contributed by atoms with E-state index in [0.717, 1.165) is 29.7 Å². The lowest BCUT2D eigenvalue weighted by molar-refractivity contribution is -0.151. The minimum atomic E-state index is -0.249. The molecular weight excluding hydrogens is 452 g/mol. The Morgan fingerprint density at radius 3 is 2.22 bits per heavy atom. The smallest absolute Gasteiger partial charge is 0.310 e. The normalized spacial score (nSPS) is 15.2. The van der Waals surface area contributed by atoms with Crippen molar-refractivity contribution >= 4 is 23.5 Å². The van der Waals surface area contributed by atoms with Crippen molar-refractivity contribution in [2.75, 3.05) is 24.6 Å². The summed E-state index contributed by atoms with van der Waals surface area (Å²) >= 11 is 0. The number of carbonyl (C=O) groups excluding carboxylic acids is 3. The minimum absolute atomic E-state index is 0.00162. The lowest BCUT2D eigenvalue weighted by atomic mass is 9.97. The average Bonchev–Trinajstić information content (AvgIpc) is 2.93. The fourth-order valence-electron chi connectivity index (χ4n) is 4.52. The molecule has 6 heteroatoms. The molecule has 6 nitrogen and oxygen atoms in total. The number of amides is 2. The van der Waals surface area contributed by atoms with Crippen LogP contribution in [-0.4, -0.2) is 42.4 Å². The number of benzene rings is 3. The van der Waals surface area contributed by atoms with Crippen molar-refractivity contribution in [2.24, 2.45) is 5.92 Å². The van der Waals surface area contributed by atoms with Gasteiger partial charge in [0.15, 0.2) is 0 Å². The molecule has 1 aliphatic rings. The molecule has 1 atom stereocenters. The van der Waals surface area contributed by atoms with Gasteiger partial charge in [0.2, 0.25) is 5.91 Å². The van der Waals surface area contributed by atoms with Crippen LogP contribution in [0.1, 0.15) is 41.3 Å². The molecule has 0 radical (unpaired) electrons. The van der Waals surface area contributed by atoms with Crippen LogP contribution in [0.4, 0.5) is 5.69 Å². The van der Waals surface area contributed by atoms with E-state index in [2.05, 4.69) is 0 Å². The summed E-state index contributed by atoms with van der Waals surface area (Å²) in [5.74, 6) is -0.554. The number of rotatable bonds is 8. The average molecular weight is 485 g/mol. The van der Waals surface area contributed by atoms with Crippen molar-refractivity contribution in [2.45, 2.75) is 32.7 Å². The third-order valence-electron chi connectivity index (χ3n) is 6.45. The molecule has 3 aromatic rings. The summed E-state index contributed by atoms with van der Waals surface area (Å²) in [6.07, 6.45) is 1.80. The molecule has 0 bridgehead atoms. The fourth-order valence-corrected chi connectivity index (χ4v) is 4.52. The molecule has 0 N–H and O–H groups in total. The second-order valence-electron chi connectivity index (χ2n) is 9.02. The van der Waals surface area contributed by atoms with Gasteiger partial charge in [-0.2, -0.15) is 0 Å². The van der Waals surface area contributed by atoms with E-state index in [-0.39, 0.29) is 30.1 Å². The van der Waals surface area contributed by atoms with Gasteiger partial charge >= 0.3 is 5.97 Å². The summed E-state index contributed by atoms with van der Waals surface area (Å²) in [5.41, 5.74) is 3.29. The van der Waals surface area contributed by atoms with Crippen LogP contribution in [0.2, 0.25) is 0 Å². The van der Waals surface area contributed by atoms with Crippen LogP contribution in [0.3, 0.4) is 0 Å². The third-order valence-corrected chi connectivity index (χ3v) is 6.45.